The fourth-order valence-electron chi connectivity index (χ4n) is 1.85. The van der Waals surface area contributed by atoms with E-state index < -0.39 is 10.0 Å². The van der Waals surface area contributed by atoms with Gasteiger partial charge in [0.2, 0.25) is 0 Å². The number of thiophene rings is 1. The second-order valence-corrected chi connectivity index (χ2v) is 8.58. The van der Waals surface area contributed by atoms with Crippen molar-refractivity contribution >= 4 is 43.1 Å². The third-order valence-electron chi connectivity index (χ3n) is 2.81. The van der Waals surface area contributed by atoms with Crippen molar-refractivity contribution in [1.29, 1.82) is 0 Å². The van der Waals surface area contributed by atoms with Crippen molar-refractivity contribution in [3.63, 3.8) is 0 Å². The molecule has 9 heteroatoms. The van der Waals surface area contributed by atoms with Crippen molar-refractivity contribution in [1.82, 2.24) is 13.9 Å². The largest absolute Gasteiger partial charge is 0.381 e. The van der Waals surface area contributed by atoms with Gasteiger partial charge in [-0.1, -0.05) is 6.92 Å². The molecule has 0 aromatic carbocycles. The maximum absolute atomic E-state index is 12.7. The van der Waals surface area contributed by atoms with Crippen LogP contribution in [0.1, 0.15) is 11.8 Å². The van der Waals surface area contributed by atoms with E-state index in [-0.39, 0.29) is 10.8 Å². The van der Waals surface area contributed by atoms with E-state index in [0.29, 0.717) is 13.1 Å². The summed E-state index contributed by atoms with van der Waals surface area (Å²) in [6.45, 7) is 2.48. The Balaban J connectivity index is 2.35. The SMILES string of the molecule is CCN(Cc1ccc(Br)s1)S(=O)(=O)c1c(N)ncn1C. The number of aryl methyl sites for hydroxylation is 1. The molecule has 0 aliphatic carbocycles. The third kappa shape index (κ3) is 2.90. The van der Waals surface area contributed by atoms with Crippen LogP contribution in [0.15, 0.2) is 27.3 Å². The van der Waals surface area contributed by atoms with Gasteiger partial charge >= 0.3 is 0 Å². The lowest BCUT2D eigenvalue weighted by Crippen LogP contribution is -2.31. The first-order valence-electron chi connectivity index (χ1n) is 5.87. The molecule has 2 aromatic heterocycles. The first-order valence-corrected chi connectivity index (χ1v) is 8.92. The number of imidazole rings is 1. The van der Waals surface area contributed by atoms with E-state index in [9.17, 15) is 8.42 Å². The molecule has 0 saturated carbocycles. The van der Waals surface area contributed by atoms with Gasteiger partial charge in [0.15, 0.2) is 10.8 Å². The Morgan fingerprint density at radius 2 is 2.20 bits per heavy atom. The van der Waals surface area contributed by atoms with Gasteiger partial charge in [0.1, 0.15) is 0 Å². The van der Waals surface area contributed by atoms with Gasteiger partial charge in [-0.25, -0.2) is 13.4 Å². The van der Waals surface area contributed by atoms with E-state index in [1.54, 1.807) is 14.0 Å². The molecule has 0 aliphatic rings. The van der Waals surface area contributed by atoms with Crippen LogP contribution in [0.3, 0.4) is 0 Å². The van der Waals surface area contributed by atoms with Crippen LogP contribution in [0.4, 0.5) is 5.82 Å². The van der Waals surface area contributed by atoms with Crippen LogP contribution in [0.5, 0.6) is 0 Å². The second kappa shape index (κ2) is 5.84. The van der Waals surface area contributed by atoms with Crippen LogP contribution in [0.2, 0.25) is 0 Å². The molecule has 20 heavy (non-hydrogen) atoms. The Morgan fingerprint density at radius 1 is 1.50 bits per heavy atom. The maximum atomic E-state index is 12.7. The number of hydrogen-bond acceptors (Lipinski definition) is 5. The fourth-order valence-corrected chi connectivity index (χ4v) is 5.05. The molecule has 2 rings (SSSR count). The molecule has 0 saturated heterocycles. The van der Waals surface area contributed by atoms with Gasteiger partial charge < -0.3 is 10.3 Å². The summed E-state index contributed by atoms with van der Waals surface area (Å²) in [5.41, 5.74) is 5.67. The fraction of sp³-hybridized carbons (Fsp3) is 0.364. The van der Waals surface area contributed by atoms with E-state index >= 15 is 0 Å². The van der Waals surface area contributed by atoms with Crippen molar-refractivity contribution in [3.8, 4) is 0 Å². The molecule has 0 unspecified atom stereocenters. The average molecular weight is 379 g/mol. The number of anilines is 1. The zero-order valence-corrected chi connectivity index (χ0v) is 14.3. The van der Waals surface area contributed by atoms with E-state index in [2.05, 4.69) is 20.9 Å². The molecule has 0 fully saturated rings. The summed E-state index contributed by atoms with van der Waals surface area (Å²) in [5, 5.41) is 0.0370. The number of nitrogens with zero attached hydrogens (tertiary/aromatic N) is 3. The molecule has 0 atom stereocenters. The molecule has 0 aliphatic heterocycles. The van der Waals surface area contributed by atoms with Crippen molar-refractivity contribution in [2.24, 2.45) is 7.05 Å². The van der Waals surface area contributed by atoms with Crippen LogP contribution in [-0.2, 0) is 23.6 Å². The van der Waals surface area contributed by atoms with Crippen LogP contribution in [0, 0.1) is 0 Å². The van der Waals surface area contributed by atoms with Crippen molar-refractivity contribution in [2.45, 2.75) is 18.5 Å². The topological polar surface area (TPSA) is 81.2 Å². The highest BCUT2D eigenvalue weighted by atomic mass is 79.9. The molecule has 0 radical (unpaired) electrons. The number of halogens is 1. The van der Waals surface area contributed by atoms with Gasteiger partial charge in [0.25, 0.3) is 10.0 Å². The minimum Gasteiger partial charge on any atom is -0.381 e. The lowest BCUT2D eigenvalue weighted by Gasteiger charge is -2.20. The summed E-state index contributed by atoms with van der Waals surface area (Å²) < 4.78 is 29.1. The Bertz CT molecular complexity index is 688. The van der Waals surface area contributed by atoms with Crippen LogP contribution < -0.4 is 5.73 Å². The zero-order valence-electron chi connectivity index (χ0n) is 11.1. The van der Waals surface area contributed by atoms with E-state index in [0.717, 1.165) is 8.66 Å². The van der Waals surface area contributed by atoms with Crippen LogP contribution >= 0.6 is 27.3 Å². The number of rotatable bonds is 5. The Kier molecular flexibility index (Phi) is 4.52. The zero-order chi connectivity index (χ0) is 14.9. The minimum absolute atomic E-state index is 0.0262. The van der Waals surface area contributed by atoms with Gasteiger partial charge in [-0.15, -0.1) is 11.3 Å². The molecule has 2 N–H and O–H groups in total. The molecule has 6 nitrogen and oxygen atoms in total. The predicted molar refractivity (Wildman–Crippen MR) is 82.9 cm³/mol. The van der Waals surface area contributed by atoms with E-state index in [1.807, 2.05) is 12.1 Å². The summed E-state index contributed by atoms with van der Waals surface area (Å²) in [6, 6.07) is 3.80. The normalized spacial score (nSPS) is 12.2. The number of aromatic nitrogens is 2. The van der Waals surface area contributed by atoms with Gasteiger partial charge in [0.05, 0.1) is 10.1 Å². The minimum atomic E-state index is -3.66. The molecule has 110 valence electrons. The van der Waals surface area contributed by atoms with Crippen LogP contribution in [0.25, 0.3) is 0 Å². The third-order valence-corrected chi connectivity index (χ3v) is 6.47. The highest BCUT2D eigenvalue weighted by molar-refractivity contribution is 9.11. The Labute approximate surface area is 130 Å². The highest BCUT2D eigenvalue weighted by Gasteiger charge is 2.29. The molecular weight excluding hydrogens is 364 g/mol. The van der Waals surface area contributed by atoms with Crippen molar-refractivity contribution in [3.05, 3.63) is 27.1 Å². The number of sulfonamides is 1. The van der Waals surface area contributed by atoms with Crippen molar-refractivity contribution in [2.75, 3.05) is 12.3 Å². The first kappa shape index (κ1) is 15.5. The smallest absolute Gasteiger partial charge is 0.262 e. The molecule has 2 aromatic rings. The van der Waals surface area contributed by atoms with Gasteiger partial charge in [0, 0.05) is 25.0 Å². The molecular formula is C11H15BrN4O2S2. The predicted octanol–water partition coefficient (Wildman–Crippen LogP) is 2.04. The molecule has 0 amide bonds. The summed E-state index contributed by atoms with van der Waals surface area (Å²) in [6.07, 6.45) is 1.40. The summed E-state index contributed by atoms with van der Waals surface area (Å²) in [5.74, 6) is 0.0262. The molecule has 2 heterocycles. The van der Waals surface area contributed by atoms with Crippen molar-refractivity contribution < 1.29 is 8.42 Å². The first-order chi connectivity index (χ1) is 9.36. The lowest BCUT2D eigenvalue weighted by atomic mass is 10.4. The van der Waals surface area contributed by atoms with Gasteiger partial charge in [-0.05, 0) is 28.1 Å². The summed E-state index contributed by atoms with van der Waals surface area (Å²) >= 11 is 4.88. The van der Waals surface area contributed by atoms with E-state index in [4.69, 9.17) is 5.73 Å². The van der Waals surface area contributed by atoms with Crippen LogP contribution in [-0.4, -0.2) is 28.8 Å². The standard InChI is InChI=1S/C11H15BrN4O2S2/c1-3-16(6-8-4-5-9(12)19-8)20(17,18)11-10(13)14-7-15(11)2/h4-5,7H,3,6,13H2,1-2H3. The average Bonchev–Trinajstić information content (AvgIpc) is 2.92. The summed E-state index contributed by atoms with van der Waals surface area (Å²) in [7, 11) is -2.04. The van der Waals surface area contributed by atoms with E-state index in [1.165, 1.54) is 26.5 Å². The van der Waals surface area contributed by atoms with Gasteiger partial charge in [-0.2, -0.15) is 4.31 Å². The van der Waals surface area contributed by atoms with Gasteiger partial charge in [-0.3, -0.25) is 0 Å². The number of hydrogen-bond donors (Lipinski definition) is 1. The quantitative estimate of drug-likeness (QED) is 0.862. The lowest BCUT2D eigenvalue weighted by molar-refractivity contribution is 0.422. The number of nitrogens with two attached hydrogens (primary N) is 1. The second-order valence-electron chi connectivity index (χ2n) is 4.18. The maximum Gasteiger partial charge on any atom is 0.262 e. The monoisotopic (exact) mass is 378 g/mol. The molecule has 0 bridgehead atoms. The highest BCUT2D eigenvalue weighted by Crippen LogP contribution is 2.26. The Morgan fingerprint density at radius 3 is 2.65 bits per heavy atom. The molecule has 0 spiro atoms. The summed E-state index contributed by atoms with van der Waals surface area (Å²) in [4.78, 5) is 4.80. The number of nitrogen functional groups attached to an aromatic ring is 1. The Hall–Kier alpha value is -0.900.